The molecule has 2 rings (SSSR count). The number of rotatable bonds is 8. The number of amides is 2. The third-order valence-electron chi connectivity index (χ3n) is 5.05. The molecule has 0 aliphatic carbocycles. The van der Waals surface area contributed by atoms with Gasteiger partial charge < -0.3 is 10.2 Å². The number of carbonyl (C=O) groups is 2. The van der Waals surface area contributed by atoms with Crippen molar-refractivity contribution in [3.63, 3.8) is 0 Å². The number of hydrogen-bond donors (Lipinski definition) is 1. The lowest BCUT2D eigenvalue weighted by molar-refractivity contribution is -0.134. The van der Waals surface area contributed by atoms with Crippen molar-refractivity contribution in [1.29, 1.82) is 0 Å². The summed E-state index contributed by atoms with van der Waals surface area (Å²) in [6, 6.07) is 9.87. The third kappa shape index (κ3) is 6.18. The molecule has 0 aliphatic heterocycles. The largest absolute Gasteiger partial charge is 0.333 e. The average Bonchev–Trinajstić information content (AvgIpc) is 3.08. The second-order valence-electron chi connectivity index (χ2n) is 9.26. The Bertz CT molecular complexity index is 878. The van der Waals surface area contributed by atoms with Crippen molar-refractivity contribution in [2.75, 3.05) is 18.4 Å². The van der Waals surface area contributed by atoms with Gasteiger partial charge in [0.2, 0.25) is 11.8 Å². The third-order valence-corrected chi connectivity index (χ3v) is 5.05. The average molecular weight is 413 g/mol. The number of hydrogen-bond acceptors (Lipinski definition) is 3. The fourth-order valence-electron chi connectivity index (χ4n) is 3.11. The maximum absolute atomic E-state index is 12.9. The minimum Gasteiger partial charge on any atom is -0.333 e. The SMILES string of the molecule is CCC(=O)N(CCC(C)C)CC(=O)Nc1cc(C(C)(C)C)nn1-c1ccccc1C. The van der Waals surface area contributed by atoms with Gasteiger partial charge in [0.15, 0.2) is 0 Å². The summed E-state index contributed by atoms with van der Waals surface area (Å²) in [6.07, 6.45) is 1.26. The Kier molecular flexibility index (Phi) is 7.82. The van der Waals surface area contributed by atoms with E-state index in [0.717, 1.165) is 23.4 Å². The van der Waals surface area contributed by atoms with Crippen LogP contribution in [0.5, 0.6) is 0 Å². The van der Waals surface area contributed by atoms with Gasteiger partial charge in [0.05, 0.1) is 17.9 Å². The molecule has 164 valence electrons. The minimum atomic E-state index is -0.212. The van der Waals surface area contributed by atoms with E-state index in [4.69, 9.17) is 5.10 Å². The number of nitrogens with one attached hydrogen (secondary N) is 1. The molecular weight excluding hydrogens is 376 g/mol. The van der Waals surface area contributed by atoms with Gasteiger partial charge >= 0.3 is 0 Å². The van der Waals surface area contributed by atoms with Crippen LogP contribution in [-0.2, 0) is 15.0 Å². The molecule has 0 aliphatic rings. The van der Waals surface area contributed by atoms with E-state index < -0.39 is 0 Å². The molecule has 0 atom stereocenters. The molecule has 0 fully saturated rings. The summed E-state index contributed by atoms with van der Waals surface area (Å²) in [7, 11) is 0. The topological polar surface area (TPSA) is 67.2 Å². The predicted octanol–water partition coefficient (Wildman–Crippen LogP) is 4.70. The number of carbonyl (C=O) groups excluding carboxylic acids is 2. The molecule has 0 saturated carbocycles. The molecule has 1 aromatic heterocycles. The molecule has 0 bridgehead atoms. The van der Waals surface area contributed by atoms with Gasteiger partial charge in [-0.1, -0.05) is 59.7 Å². The van der Waals surface area contributed by atoms with E-state index in [9.17, 15) is 9.59 Å². The quantitative estimate of drug-likeness (QED) is 0.683. The molecule has 0 radical (unpaired) electrons. The molecule has 6 nitrogen and oxygen atoms in total. The van der Waals surface area contributed by atoms with Gasteiger partial charge in [0.25, 0.3) is 0 Å². The maximum atomic E-state index is 12.9. The Morgan fingerprint density at radius 2 is 1.87 bits per heavy atom. The van der Waals surface area contributed by atoms with Crippen molar-refractivity contribution in [3.05, 3.63) is 41.6 Å². The Labute approximate surface area is 180 Å². The lowest BCUT2D eigenvalue weighted by Gasteiger charge is -2.22. The molecule has 2 amide bonds. The van der Waals surface area contributed by atoms with Crippen LogP contribution in [-0.4, -0.2) is 39.6 Å². The molecule has 0 spiro atoms. The van der Waals surface area contributed by atoms with Crippen molar-refractivity contribution in [2.45, 2.75) is 66.7 Å². The van der Waals surface area contributed by atoms with Crippen LogP contribution >= 0.6 is 0 Å². The highest BCUT2D eigenvalue weighted by molar-refractivity contribution is 5.94. The van der Waals surface area contributed by atoms with E-state index in [1.807, 2.05) is 44.2 Å². The molecule has 6 heteroatoms. The number of aryl methyl sites for hydroxylation is 1. The zero-order valence-electron chi connectivity index (χ0n) is 19.5. The molecule has 0 saturated heterocycles. The van der Waals surface area contributed by atoms with Crippen LogP contribution in [0.15, 0.2) is 30.3 Å². The predicted molar refractivity (Wildman–Crippen MR) is 122 cm³/mol. The van der Waals surface area contributed by atoms with Crippen LogP contribution in [0.2, 0.25) is 0 Å². The smallest absolute Gasteiger partial charge is 0.245 e. The van der Waals surface area contributed by atoms with E-state index in [1.165, 1.54) is 0 Å². The lowest BCUT2D eigenvalue weighted by Crippen LogP contribution is -2.39. The Hall–Kier alpha value is -2.63. The monoisotopic (exact) mass is 412 g/mol. The summed E-state index contributed by atoms with van der Waals surface area (Å²) < 4.78 is 1.79. The van der Waals surface area contributed by atoms with Gasteiger partial charge in [-0.05, 0) is 30.9 Å². The summed E-state index contributed by atoms with van der Waals surface area (Å²) in [6.45, 7) is 15.0. The number of para-hydroxylation sites is 1. The Balaban J connectivity index is 2.29. The van der Waals surface area contributed by atoms with Crippen LogP contribution in [0.1, 0.15) is 65.6 Å². The first kappa shape index (κ1) is 23.6. The van der Waals surface area contributed by atoms with Gasteiger partial charge in [-0.2, -0.15) is 5.10 Å². The first-order chi connectivity index (χ1) is 14.0. The highest BCUT2D eigenvalue weighted by Gasteiger charge is 2.23. The molecule has 0 unspecified atom stereocenters. The van der Waals surface area contributed by atoms with Crippen LogP contribution in [0.4, 0.5) is 5.82 Å². The maximum Gasteiger partial charge on any atom is 0.245 e. The number of nitrogens with zero attached hydrogens (tertiary/aromatic N) is 3. The molecule has 1 N–H and O–H groups in total. The van der Waals surface area contributed by atoms with E-state index in [-0.39, 0.29) is 23.8 Å². The zero-order chi connectivity index (χ0) is 22.5. The van der Waals surface area contributed by atoms with E-state index >= 15 is 0 Å². The van der Waals surface area contributed by atoms with Gasteiger partial charge in [0, 0.05) is 24.4 Å². The highest BCUT2D eigenvalue weighted by atomic mass is 16.2. The Morgan fingerprint density at radius 1 is 1.20 bits per heavy atom. The molecule has 1 aromatic carbocycles. The normalized spacial score (nSPS) is 11.6. The van der Waals surface area contributed by atoms with Crippen molar-refractivity contribution in [2.24, 2.45) is 5.92 Å². The standard InChI is InChI=1S/C24H36N4O2/c1-8-23(30)27(14-13-17(2)3)16-22(29)25-21-15-20(24(5,6)7)26-28(21)19-12-10-9-11-18(19)4/h9-12,15,17H,8,13-14,16H2,1-7H3,(H,25,29). The van der Waals surface area contributed by atoms with Crippen LogP contribution in [0, 0.1) is 12.8 Å². The molecule has 30 heavy (non-hydrogen) atoms. The zero-order valence-corrected chi connectivity index (χ0v) is 19.5. The number of benzene rings is 1. The lowest BCUT2D eigenvalue weighted by atomic mass is 9.92. The second kappa shape index (κ2) is 9.92. The fraction of sp³-hybridized carbons (Fsp3) is 0.542. The Morgan fingerprint density at radius 3 is 2.43 bits per heavy atom. The first-order valence-electron chi connectivity index (χ1n) is 10.8. The summed E-state index contributed by atoms with van der Waals surface area (Å²) >= 11 is 0. The summed E-state index contributed by atoms with van der Waals surface area (Å²) in [5.41, 5.74) is 2.72. The minimum absolute atomic E-state index is 0.00593. The molecule has 2 aromatic rings. The first-order valence-corrected chi connectivity index (χ1v) is 10.8. The molecular formula is C24H36N4O2. The van der Waals surface area contributed by atoms with Crippen molar-refractivity contribution < 1.29 is 9.59 Å². The van der Waals surface area contributed by atoms with E-state index in [0.29, 0.717) is 24.7 Å². The number of anilines is 1. The van der Waals surface area contributed by atoms with Crippen LogP contribution in [0.25, 0.3) is 5.69 Å². The summed E-state index contributed by atoms with van der Waals surface area (Å²) in [5, 5.41) is 7.77. The van der Waals surface area contributed by atoms with Crippen molar-refractivity contribution in [3.8, 4) is 5.69 Å². The summed E-state index contributed by atoms with van der Waals surface area (Å²) in [4.78, 5) is 26.8. The van der Waals surface area contributed by atoms with Crippen LogP contribution < -0.4 is 5.32 Å². The van der Waals surface area contributed by atoms with Gasteiger partial charge in [-0.3, -0.25) is 9.59 Å². The van der Waals surface area contributed by atoms with E-state index in [1.54, 1.807) is 9.58 Å². The van der Waals surface area contributed by atoms with Crippen molar-refractivity contribution >= 4 is 17.6 Å². The van der Waals surface area contributed by atoms with Gasteiger partial charge in [0.1, 0.15) is 5.82 Å². The molecule has 1 heterocycles. The van der Waals surface area contributed by atoms with E-state index in [2.05, 4.69) is 39.9 Å². The summed E-state index contributed by atoms with van der Waals surface area (Å²) in [5.74, 6) is 0.869. The highest BCUT2D eigenvalue weighted by Crippen LogP contribution is 2.27. The van der Waals surface area contributed by atoms with Crippen molar-refractivity contribution in [1.82, 2.24) is 14.7 Å². The van der Waals surface area contributed by atoms with Crippen LogP contribution in [0.3, 0.4) is 0 Å². The fourth-order valence-corrected chi connectivity index (χ4v) is 3.11. The second-order valence-corrected chi connectivity index (χ2v) is 9.26. The van der Waals surface area contributed by atoms with Gasteiger partial charge in [-0.25, -0.2) is 4.68 Å². The number of aromatic nitrogens is 2. The van der Waals surface area contributed by atoms with Gasteiger partial charge in [-0.15, -0.1) is 0 Å².